The lowest BCUT2D eigenvalue weighted by Crippen LogP contribution is -2.35. The van der Waals surface area contributed by atoms with Crippen molar-refractivity contribution in [3.63, 3.8) is 0 Å². The van der Waals surface area contributed by atoms with Crippen LogP contribution in [0.1, 0.15) is 39.5 Å². The quantitative estimate of drug-likeness (QED) is 0.501. The first-order chi connectivity index (χ1) is 6.10. The van der Waals surface area contributed by atoms with Gasteiger partial charge in [0.25, 0.3) is 0 Å². The molecule has 0 radical (unpaired) electrons. The Kier molecular flexibility index (Phi) is 5.41. The minimum absolute atomic E-state index is 0.243. The largest absolute Gasteiger partial charge is 0.329 e. The number of rotatable bonds is 6. The highest BCUT2D eigenvalue weighted by Crippen LogP contribution is 2.23. The monoisotopic (exact) mass is 181 g/mol. The molecule has 0 aliphatic heterocycles. The summed E-state index contributed by atoms with van der Waals surface area (Å²) < 4.78 is 0. The van der Waals surface area contributed by atoms with Gasteiger partial charge in [0, 0.05) is 24.8 Å². The van der Waals surface area contributed by atoms with Gasteiger partial charge in [0.2, 0.25) is 0 Å². The molecule has 0 heterocycles. The average Bonchev–Trinajstić information content (AvgIpc) is 2.17. The highest BCUT2D eigenvalue weighted by Gasteiger charge is 2.28. The Morgan fingerprint density at radius 2 is 2.23 bits per heavy atom. The van der Waals surface area contributed by atoms with Crippen molar-refractivity contribution in [1.82, 2.24) is 0 Å². The molecule has 0 bridgehead atoms. The van der Waals surface area contributed by atoms with E-state index in [1.54, 1.807) is 0 Å². The predicted molar refractivity (Wildman–Crippen MR) is 55.1 cm³/mol. The van der Waals surface area contributed by atoms with Crippen molar-refractivity contribution in [1.29, 1.82) is 0 Å². The Bertz CT molecular complexity index is 199. The molecule has 0 rings (SSSR count). The normalized spacial score (nSPS) is 14.6. The van der Waals surface area contributed by atoms with Crippen LogP contribution in [0.5, 0.6) is 0 Å². The number of terminal acetylenes is 1. The minimum Gasteiger partial charge on any atom is -0.329 e. The Labute approximate surface area is 80.9 Å². The summed E-state index contributed by atoms with van der Waals surface area (Å²) in [6.07, 6.45) is 7.93. The summed E-state index contributed by atoms with van der Waals surface area (Å²) in [5.41, 5.74) is 5.22. The lowest BCUT2D eigenvalue weighted by Gasteiger charge is -2.24. The van der Waals surface area contributed by atoms with E-state index in [0.717, 1.165) is 12.8 Å². The van der Waals surface area contributed by atoms with E-state index < -0.39 is 0 Å². The molecule has 0 aromatic carbocycles. The van der Waals surface area contributed by atoms with Gasteiger partial charge in [-0.2, -0.15) is 0 Å². The summed E-state index contributed by atoms with van der Waals surface area (Å²) >= 11 is 0. The number of ketones is 1. The lowest BCUT2D eigenvalue weighted by atomic mass is 9.81. The van der Waals surface area contributed by atoms with E-state index in [-0.39, 0.29) is 11.2 Å². The van der Waals surface area contributed by atoms with Gasteiger partial charge in [-0.1, -0.05) is 13.8 Å². The van der Waals surface area contributed by atoms with Crippen LogP contribution in [0.15, 0.2) is 0 Å². The van der Waals surface area contributed by atoms with Crippen molar-refractivity contribution in [3.05, 3.63) is 0 Å². The number of nitrogens with two attached hydrogens (primary N) is 1. The Morgan fingerprint density at radius 1 is 1.62 bits per heavy atom. The third-order valence-corrected chi connectivity index (χ3v) is 2.63. The highest BCUT2D eigenvalue weighted by atomic mass is 16.1. The first-order valence-corrected chi connectivity index (χ1v) is 4.77. The molecule has 0 aliphatic rings. The fraction of sp³-hybridized carbons (Fsp3) is 0.727. The maximum absolute atomic E-state index is 11.7. The van der Waals surface area contributed by atoms with Gasteiger partial charge in [-0.05, 0) is 12.8 Å². The molecular weight excluding hydrogens is 162 g/mol. The van der Waals surface area contributed by atoms with E-state index in [2.05, 4.69) is 5.92 Å². The summed E-state index contributed by atoms with van der Waals surface area (Å²) in [7, 11) is 0. The van der Waals surface area contributed by atoms with Crippen molar-refractivity contribution >= 4 is 5.78 Å². The van der Waals surface area contributed by atoms with Crippen molar-refractivity contribution < 1.29 is 4.79 Å². The number of Topliss-reactive ketones (excluding diaryl/α,β-unsaturated/α-hetero) is 1. The van der Waals surface area contributed by atoms with Crippen LogP contribution in [0.3, 0.4) is 0 Å². The number of unbranched alkanes of at least 4 members (excludes halogenated alkanes) is 1. The molecule has 74 valence electrons. The number of hydrogen-bond donors (Lipinski definition) is 1. The van der Waals surface area contributed by atoms with Crippen LogP contribution in [0.4, 0.5) is 0 Å². The van der Waals surface area contributed by atoms with Gasteiger partial charge in [0.05, 0.1) is 0 Å². The van der Waals surface area contributed by atoms with Gasteiger partial charge >= 0.3 is 0 Å². The van der Waals surface area contributed by atoms with Crippen molar-refractivity contribution in [2.24, 2.45) is 11.1 Å². The molecule has 0 spiro atoms. The van der Waals surface area contributed by atoms with Crippen LogP contribution >= 0.6 is 0 Å². The zero-order chi connectivity index (χ0) is 10.3. The van der Waals surface area contributed by atoms with Crippen LogP contribution < -0.4 is 5.73 Å². The third kappa shape index (κ3) is 3.61. The Hall–Kier alpha value is -0.810. The van der Waals surface area contributed by atoms with Crippen molar-refractivity contribution in [3.8, 4) is 12.3 Å². The smallest absolute Gasteiger partial charge is 0.140 e. The van der Waals surface area contributed by atoms with E-state index in [1.807, 2.05) is 13.8 Å². The second-order valence-electron chi connectivity index (χ2n) is 3.60. The Balaban J connectivity index is 4.01. The van der Waals surface area contributed by atoms with Gasteiger partial charge in [-0.25, -0.2) is 0 Å². The first-order valence-electron chi connectivity index (χ1n) is 4.77. The zero-order valence-corrected chi connectivity index (χ0v) is 8.60. The van der Waals surface area contributed by atoms with Gasteiger partial charge < -0.3 is 5.73 Å². The van der Waals surface area contributed by atoms with Crippen LogP contribution in [-0.4, -0.2) is 12.3 Å². The lowest BCUT2D eigenvalue weighted by molar-refractivity contribution is -0.127. The molecule has 13 heavy (non-hydrogen) atoms. The fourth-order valence-corrected chi connectivity index (χ4v) is 1.11. The summed E-state index contributed by atoms with van der Waals surface area (Å²) in [6, 6.07) is 0. The molecule has 2 heteroatoms. The van der Waals surface area contributed by atoms with Crippen LogP contribution in [0.25, 0.3) is 0 Å². The van der Waals surface area contributed by atoms with E-state index in [9.17, 15) is 4.79 Å². The van der Waals surface area contributed by atoms with Crippen molar-refractivity contribution in [2.75, 3.05) is 6.54 Å². The molecule has 2 nitrogen and oxygen atoms in total. The molecule has 0 aliphatic carbocycles. The second kappa shape index (κ2) is 5.77. The van der Waals surface area contributed by atoms with Crippen LogP contribution in [-0.2, 0) is 4.79 Å². The molecule has 0 aromatic rings. The summed E-state index contributed by atoms with van der Waals surface area (Å²) in [5.74, 6) is 2.77. The number of hydrogen-bond acceptors (Lipinski definition) is 2. The SMILES string of the molecule is C#CCCCC(=O)C(C)(CC)CN. The second-order valence-corrected chi connectivity index (χ2v) is 3.60. The number of carbonyl (C=O) groups excluding carboxylic acids is 1. The first kappa shape index (κ1) is 12.2. The molecular formula is C11H19NO. The van der Waals surface area contributed by atoms with Gasteiger partial charge in [-0.3, -0.25) is 4.79 Å². The maximum atomic E-state index is 11.7. The minimum atomic E-state index is -0.339. The van der Waals surface area contributed by atoms with Crippen LogP contribution in [0, 0.1) is 17.8 Å². The van der Waals surface area contributed by atoms with E-state index in [0.29, 0.717) is 19.4 Å². The topological polar surface area (TPSA) is 43.1 Å². The van der Waals surface area contributed by atoms with E-state index in [1.165, 1.54) is 0 Å². The molecule has 2 N–H and O–H groups in total. The van der Waals surface area contributed by atoms with E-state index >= 15 is 0 Å². The average molecular weight is 181 g/mol. The Morgan fingerprint density at radius 3 is 2.62 bits per heavy atom. The van der Waals surface area contributed by atoms with Gasteiger partial charge in [-0.15, -0.1) is 12.3 Å². The molecule has 0 aromatic heterocycles. The van der Waals surface area contributed by atoms with E-state index in [4.69, 9.17) is 12.2 Å². The van der Waals surface area contributed by atoms with Crippen molar-refractivity contribution in [2.45, 2.75) is 39.5 Å². The molecule has 1 unspecified atom stereocenters. The molecule has 1 atom stereocenters. The van der Waals surface area contributed by atoms with Gasteiger partial charge in [0.15, 0.2) is 0 Å². The summed E-state index contributed by atoms with van der Waals surface area (Å²) in [6.45, 7) is 4.34. The molecule has 0 saturated heterocycles. The summed E-state index contributed by atoms with van der Waals surface area (Å²) in [4.78, 5) is 11.7. The highest BCUT2D eigenvalue weighted by molar-refractivity contribution is 5.84. The molecule has 0 fully saturated rings. The predicted octanol–water partition coefficient (Wildman–Crippen LogP) is 1.73. The standard InChI is InChI=1S/C11H19NO/c1-4-6-7-8-10(13)11(3,5-2)9-12/h1H,5-9,12H2,2-3H3. The zero-order valence-electron chi connectivity index (χ0n) is 8.60. The van der Waals surface area contributed by atoms with Crippen LogP contribution in [0.2, 0.25) is 0 Å². The molecule has 0 saturated carbocycles. The summed E-state index contributed by atoms with van der Waals surface area (Å²) in [5, 5.41) is 0. The molecule has 0 amide bonds. The van der Waals surface area contributed by atoms with Gasteiger partial charge in [0.1, 0.15) is 5.78 Å². The maximum Gasteiger partial charge on any atom is 0.140 e. The third-order valence-electron chi connectivity index (χ3n) is 2.63. The number of carbonyl (C=O) groups is 1. The fourth-order valence-electron chi connectivity index (χ4n) is 1.11.